The van der Waals surface area contributed by atoms with Gasteiger partial charge < -0.3 is 4.90 Å². The summed E-state index contributed by atoms with van der Waals surface area (Å²) in [7, 11) is -3.16. The second-order valence-electron chi connectivity index (χ2n) is 7.12. The summed E-state index contributed by atoms with van der Waals surface area (Å²) in [5, 5.41) is 1.01. The molecule has 152 valence electrons. The number of hydrogen-bond acceptors (Lipinski definition) is 6. The van der Waals surface area contributed by atoms with Gasteiger partial charge in [-0.3, -0.25) is 9.79 Å². The molecule has 2 atom stereocenters. The molecule has 5 nitrogen and oxygen atoms in total. The van der Waals surface area contributed by atoms with E-state index in [1.165, 1.54) is 30.8 Å². The average Bonchev–Trinajstić information content (AvgIpc) is 3.12. The molecule has 0 bridgehead atoms. The largest absolute Gasteiger partial charge is 0.315 e. The fraction of sp³-hybridized carbons (Fsp3) is 0.300. The van der Waals surface area contributed by atoms with Crippen molar-refractivity contribution in [1.29, 1.82) is 0 Å². The van der Waals surface area contributed by atoms with Gasteiger partial charge in [0.1, 0.15) is 5.82 Å². The van der Waals surface area contributed by atoms with E-state index < -0.39 is 15.7 Å². The van der Waals surface area contributed by atoms with Crippen LogP contribution in [0.25, 0.3) is 0 Å². The van der Waals surface area contributed by atoms with Gasteiger partial charge in [0.2, 0.25) is 0 Å². The topological polar surface area (TPSA) is 66.8 Å². The quantitative estimate of drug-likeness (QED) is 0.657. The Balaban J connectivity index is 1.65. The molecule has 0 unspecified atom stereocenters. The molecule has 0 amide bonds. The zero-order chi connectivity index (χ0) is 20.8. The molecular weight excluding hydrogens is 435 g/mol. The number of carbonyl (C=O) groups excluding carboxylic acids is 1. The van der Waals surface area contributed by atoms with Gasteiger partial charge in [-0.2, -0.15) is 0 Å². The SMILES string of the molecule is CC(=O)c1cccc(N2C(SCc3ccc(F)cc3Cl)=N[C@@H]3CS(=O)(=O)C[C@H]32)c1. The molecule has 0 aromatic heterocycles. The Morgan fingerprint density at radius 2 is 2.07 bits per heavy atom. The van der Waals surface area contributed by atoms with Crippen LogP contribution in [-0.2, 0) is 15.6 Å². The number of nitrogens with zero attached hydrogens (tertiary/aromatic N) is 2. The number of aliphatic imine (C=N–C) groups is 1. The van der Waals surface area contributed by atoms with E-state index in [-0.39, 0.29) is 29.4 Å². The van der Waals surface area contributed by atoms with Crippen molar-refractivity contribution in [3.63, 3.8) is 0 Å². The van der Waals surface area contributed by atoms with E-state index in [0.717, 1.165) is 11.3 Å². The molecule has 29 heavy (non-hydrogen) atoms. The van der Waals surface area contributed by atoms with Gasteiger partial charge in [0.15, 0.2) is 20.8 Å². The molecule has 0 saturated carbocycles. The Kier molecular flexibility index (Phi) is 5.44. The summed E-state index contributed by atoms with van der Waals surface area (Å²) in [5.41, 5.74) is 2.05. The Bertz CT molecular complexity index is 1120. The summed E-state index contributed by atoms with van der Waals surface area (Å²) in [6.45, 7) is 1.49. The van der Waals surface area contributed by atoms with Crippen molar-refractivity contribution >= 4 is 49.8 Å². The zero-order valence-electron chi connectivity index (χ0n) is 15.5. The molecule has 0 aliphatic carbocycles. The van der Waals surface area contributed by atoms with Crippen molar-refractivity contribution in [2.75, 3.05) is 16.4 Å². The predicted molar refractivity (Wildman–Crippen MR) is 115 cm³/mol. The first kappa shape index (κ1) is 20.4. The zero-order valence-corrected chi connectivity index (χ0v) is 17.9. The molecule has 0 spiro atoms. The Morgan fingerprint density at radius 3 is 2.79 bits per heavy atom. The number of hydrogen-bond donors (Lipinski definition) is 0. The number of rotatable bonds is 4. The predicted octanol–water partition coefficient (Wildman–Crippen LogP) is 3.96. The van der Waals surface area contributed by atoms with E-state index in [1.807, 2.05) is 11.0 Å². The standard InChI is InChI=1S/C20H18ClFN2O3S2/c1-12(25)13-3-2-4-16(7-13)24-19-11-29(26,27)10-18(19)23-20(24)28-9-14-5-6-15(22)8-17(14)21/h2-8,18-19H,9-11H2,1H3/t18-,19-/m1/s1. The number of amidine groups is 1. The van der Waals surface area contributed by atoms with Crippen molar-refractivity contribution < 1.29 is 17.6 Å². The van der Waals surface area contributed by atoms with E-state index >= 15 is 0 Å². The number of carbonyl (C=O) groups is 1. The van der Waals surface area contributed by atoms with Gasteiger partial charge in [-0.1, -0.05) is 41.6 Å². The molecule has 9 heteroatoms. The third-order valence-electron chi connectivity index (χ3n) is 5.01. The van der Waals surface area contributed by atoms with Crippen LogP contribution < -0.4 is 4.90 Å². The molecule has 2 aliphatic rings. The number of thioether (sulfide) groups is 1. The molecule has 1 fully saturated rings. The molecule has 0 N–H and O–H groups in total. The molecule has 1 saturated heterocycles. The Labute approximate surface area is 177 Å². The van der Waals surface area contributed by atoms with Crippen LogP contribution in [0.3, 0.4) is 0 Å². The Hall–Kier alpha value is -1.90. The molecule has 0 radical (unpaired) electrons. The normalized spacial score (nSPS) is 22.4. The van der Waals surface area contributed by atoms with E-state index in [9.17, 15) is 17.6 Å². The third kappa shape index (κ3) is 4.20. The van der Waals surface area contributed by atoms with Crippen LogP contribution in [0.4, 0.5) is 10.1 Å². The highest BCUT2D eigenvalue weighted by atomic mass is 35.5. The van der Waals surface area contributed by atoms with E-state index in [1.54, 1.807) is 24.3 Å². The van der Waals surface area contributed by atoms with Gasteiger partial charge in [0.05, 0.1) is 23.6 Å². The number of benzene rings is 2. The van der Waals surface area contributed by atoms with Crippen LogP contribution in [0.15, 0.2) is 47.5 Å². The second kappa shape index (κ2) is 7.74. The van der Waals surface area contributed by atoms with Crippen LogP contribution in [0.5, 0.6) is 0 Å². The summed E-state index contributed by atoms with van der Waals surface area (Å²) >= 11 is 7.55. The van der Waals surface area contributed by atoms with Gasteiger partial charge in [-0.25, -0.2) is 12.8 Å². The minimum absolute atomic E-state index is 0.0158. The third-order valence-corrected chi connectivity index (χ3v) is 8.08. The van der Waals surface area contributed by atoms with Crippen LogP contribution >= 0.6 is 23.4 Å². The summed E-state index contributed by atoms with van der Waals surface area (Å²) in [5.74, 6) is 0.0390. The molecule has 2 aromatic carbocycles. The molecule has 2 aliphatic heterocycles. The van der Waals surface area contributed by atoms with Gasteiger partial charge in [-0.15, -0.1) is 0 Å². The van der Waals surface area contributed by atoms with Crippen LogP contribution in [0.2, 0.25) is 5.02 Å². The summed E-state index contributed by atoms with van der Waals surface area (Å²) in [4.78, 5) is 18.4. The second-order valence-corrected chi connectivity index (χ2v) is 10.6. The van der Waals surface area contributed by atoms with Gasteiger partial charge in [0.25, 0.3) is 0 Å². The van der Waals surface area contributed by atoms with E-state index in [2.05, 4.69) is 4.99 Å². The minimum Gasteiger partial charge on any atom is -0.315 e. The number of fused-ring (bicyclic) bond motifs is 1. The summed E-state index contributed by atoms with van der Waals surface area (Å²) in [6, 6.07) is 10.7. The van der Waals surface area contributed by atoms with Crippen molar-refractivity contribution in [3.8, 4) is 0 Å². The molecule has 2 heterocycles. The lowest BCUT2D eigenvalue weighted by Crippen LogP contribution is -2.39. The Morgan fingerprint density at radius 1 is 1.28 bits per heavy atom. The highest BCUT2D eigenvalue weighted by Gasteiger charge is 2.47. The lowest BCUT2D eigenvalue weighted by molar-refractivity contribution is 0.101. The lowest BCUT2D eigenvalue weighted by atomic mass is 10.1. The average molecular weight is 453 g/mol. The fourth-order valence-electron chi connectivity index (χ4n) is 3.59. The highest BCUT2D eigenvalue weighted by Crippen LogP contribution is 2.36. The van der Waals surface area contributed by atoms with E-state index in [4.69, 9.17) is 11.6 Å². The first-order chi connectivity index (χ1) is 13.7. The number of Topliss-reactive ketones (excluding diaryl/α,β-unsaturated/α-hetero) is 1. The number of halogens is 2. The summed E-state index contributed by atoms with van der Waals surface area (Å²) < 4.78 is 37.6. The lowest BCUT2D eigenvalue weighted by Gasteiger charge is -2.27. The first-order valence-corrected chi connectivity index (χ1v) is 12.2. The van der Waals surface area contributed by atoms with Gasteiger partial charge in [0, 0.05) is 22.0 Å². The smallest absolute Gasteiger partial charge is 0.164 e. The van der Waals surface area contributed by atoms with Crippen LogP contribution in [-0.4, -0.2) is 43.0 Å². The maximum Gasteiger partial charge on any atom is 0.164 e. The summed E-state index contributed by atoms with van der Waals surface area (Å²) in [6.07, 6.45) is 0. The van der Waals surface area contributed by atoms with Crippen molar-refractivity contribution in [2.24, 2.45) is 4.99 Å². The number of ketones is 1. The first-order valence-electron chi connectivity index (χ1n) is 8.99. The van der Waals surface area contributed by atoms with Gasteiger partial charge in [-0.05, 0) is 36.8 Å². The monoisotopic (exact) mass is 452 g/mol. The molecular formula is C20H18ClFN2O3S2. The number of sulfone groups is 1. The van der Waals surface area contributed by atoms with Crippen molar-refractivity contribution in [2.45, 2.75) is 24.8 Å². The highest BCUT2D eigenvalue weighted by molar-refractivity contribution is 8.13. The van der Waals surface area contributed by atoms with Gasteiger partial charge >= 0.3 is 0 Å². The van der Waals surface area contributed by atoms with Crippen molar-refractivity contribution in [3.05, 3.63) is 64.4 Å². The van der Waals surface area contributed by atoms with E-state index in [0.29, 0.717) is 21.5 Å². The van der Waals surface area contributed by atoms with Crippen molar-refractivity contribution in [1.82, 2.24) is 0 Å². The van der Waals surface area contributed by atoms with Crippen LogP contribution in [0.1, 0.15) is 22.8 Å². The molecule has 2 aromatic rings. The maximum absolute atomic E-state index is 13.3. The fourth-order valence-corrected chi connectivity index (χ4v) is 6.87. The van der Waals surface area contributed by atoms with Crippen LogP contribution in [0, 0.1) is 5.82 Å². The number of anilines is 1. The minimum atomic E-state index is -3.16. The maximum atomic E-state index is 13.3. The molecule has 4 rings (SSSR count).